The molecule has 0 radical (unpaired) electrons. The second kappa shape index (κ2) is 8.87. The number of likely N-dealkylation sites (N-methyl/N-ethyl adjacent to an activating group) is 1. The van der Waals surface area contributed by atoms with Crippen LogP contribution in [-0.4, -0.2) is 46.3 Å². The van der Waals surface area contributed by atoms with Gasteiger partial charge in [-0.3, -0.25) is 0 Å². The molecule has 0 heterocycles. The molecular formula is C10H19NO3. The van der Waals surface area contributed by atoms with Gasteiger partial charge < -0.3 is 19.6 Å². The Bertz CT molecular complexity index is 171. The van der Waals surface area contributed by atoms with Gasteiger partial charge in [-0.1, -0.05) is 12.2 Å². The van der Waals surface area contributed by atoms with Gasteiger partial charge in [0.25, 0.3) is 0 Å². The van der Waals surface area contributed by atoms with Crippen molar-refractivity contribution in [2.75, 3.05) is 27.9 Å². The van der Waals surface area contributed by atoms with Gasteiger partial charge in [-0.2, -0.15) is 0 Å². The van der Waals surface area contributed by atoms with Crippen LogP contribution < -0.4 is 5.32 Å². The van der Waals surface area contributed by atoms with Crippen molar-refractivity contribution < 1.29 is 14.3 Å². The smallest absolute Gasteiger partial charge is 0.123 e. The summed E-state index contributed by atoms with van der Waals surface area (Å²) in [5, 5.41) is 3.09. The molecule has 0 spiro atoms. The second-order valence-electron chi connectivity index (χ2n) is 2.88. The van der Waals surface area contributed by atoms with Crippen molar-refractivity contribution in [2.45, 2.75) is 18.6 Å². The van der Waals surface area contributed by atoms with E-state index in [1.54, 1.807) is 20.3 Å². The summed E-state index contributed by atoms with van der Waals surface area (Å²) in [6.07, 6.45) is 4.87. The highest BCUT2D eigenvalue weighted by molar-refractivity contribution is 5.51. The molecule has 0 bridgehead atoms. The molecule has 0 saturated heterocycles. The summed E-state index contributed by atoms with van der Waals surface area (Å²) in [5.74, 6) is 0. The molecule has 0 aliphatic rings. The third-order valence-electron chi connectivity index (χ3n) is 1.94. The molecule has 0 aliphatic carbocycles. The first kappa shape index (κ1) is 13.3. The van der Waals surface area contributed by atoms with Gasteiger partial charge in [-0.15, -0.1) is 0 Å². The number of hydrogen-bond acceptors (Lipinski definition) is 4. The van der Waals surface area contributed by atoms with Crippen LogP contribution in [0, 0.1) is 0 Å². The molecule has 4 heteroatoms. The third kappa shape index (κ3) is 5.11. The molecule has 82 valence electrons. The highest BCUT2D eigenvalue weighted by Gasteiger charge is 2.15. The Hall–Kier alpha value is -0.710. The topological polar surface area (TPSA) is 47.6 Å². The summed E-state index contributed by atoms with van der Waals surface area (Å²) in [6.45, 7) is 0.570. The number of carbonyl (C=O) groups excluding carboxylic acids is 1. The van der Waals surface area contributed by atoms with Crippen molar-refractivity contribution in [3.05, 3.63) is 12.2 Å². The molecule has 0 saturated carbocycles. The summed E-state index contributed by atoms with van der Waals surface area (Å²) < 4.78 is 10.3. The first-order chi connectivity index (χ1) is 6.79. The number of hydrogen-bond donors (Lipinski definition) is 1. The summed E-state index contributed by atoms with van der Waals surface area (Å²) in [7, 11) is 5.13. The molecule has 0 fully saturated rings. The van der Waals surface area contributed by atoms with Gasteiger partial charge in [-0.05, 0) is 7.05 Å². The Morgan fingerprint density at radius 3 is 2.57 bits per heavy atom. The molecule has 2 atom stereocenters. The maximum atomic E-state index is 10.1. The SMILES string of the molecule is CNC(COC)[C@@H](/C=C/CC=O)OC. The maximum absolute atomic E-state index is 10.1. The minimum Gasteiger partial charge on any atom is -0.383 e. The number of rotatable bonds is 8. The Kier molecular flexibility index (Phi) is 8.42. The van der Waals surface area contributed by atoms with Crippen LogP contribution in [-0.2, 0) is 14.3 Å². The average molecular weight is 201 g/mol. The van der Waals surface area contributed by atoms with Crippen molar-refractivity contribution in [3.8, 4) is 0 Å². The van der Waals surface area contributed by atoms with Crippen LogP contribution in [0.15, 0.2) is 12.2 Å². The minimum absolute atomic E-state index is 0.0695. The van der Waals surface area contributed by atoms with Crippen LogP contribution in [0.1, 0.15) is 6.42 Å². The Morgan fingerprint density at radius 2 is 2.14 bits per heavy atom. The average Bonchev–Trinajstić information content (AvgIpc) is 2.22. The van der Waals surface area contributed by atoms with Gasteiger partial charge >= 0.3 is 0 Å². The van der Waals surface area contributed by atoms with E-state index >= 15 is 0 Å². The quantitative estimate of drug-likeness (QED) is 0.455. The molecule has 0 aromatic rings. The van der Waals surface area contributed by atoms with Crippen LogP contribution in [0.4, 0.5) is 0 Å². The number of carbonyl (C=O) groups is 1. The molecule has 1 N–H and O–H groups in total. The molecule has 14 heavy (non-hydrogen) atoms. The van der Waals surface area contributed by atoms with Gasteiger partial charge in [0.15, 0.2) is 0 Å². The molecule has 0 rings (SSSR count). The maximum Gasteiger partial charge on any atom is 0.123 e. The lowest BCUT2D eigenvalue weighted by atomic mass is 10.1. The Morgan fingerprint density at radius 1 is 1.43 bits per heavy atom. The fourth-order valence-corrected chi connectivity index (χ4v) is 1.17. The Labute approximate surface area is 85.3 Å². The predicted octanol–water partition coefficient (Wildman–Crippen LogP) is 0.381. The van der Waals surface area contributed by atoms with Crippen molar-refractivity contribution in [1.82, 2.24) is 5.32 Å². The first-order valence-electron chi connectivity index (χ1n) is 4.59. The highest BCUT2D eigenvalue weighted by Crippen LogP contribution is 2.01. The van der Waals surface area contributed by atoms with Crippen molar-refractivity contribution >= 4 is 6.29 Å². The zero-order valence-corrected chi connectivity index (χ0v) is 9.03. The number of aldehydes is 1. The van der Waals surface area contributed by atoms with E-state index in [1.165, 1.54) is 0 Å². The van der Waals surface area contributed by atoms with Crippen molar-refractivity contribution in [2.24, 2.45) is 0 Å². The van der Waals surface area contributed by atoms with Crippen LogP contribution in [0.25, 0.3) is 0 Å². The van der Waals surface area contributed by atoms with Crippen LogP contribution in [0.2, 0.25) is 0 Å². The monoisotopic (exact) mass is 201 g/mol. The van der Waals surface area contributed by atoms with Crippen LogP contribution in [0.3, 0.4) is 0 Å². The Balaban J connectivity index is 4.12. The van der Waals surface area contributed by atoms with Gasteiger partial charge in [0.2, 0.25) is 0 Å². The minimum atomic E-state index is -0.0695. The van der Waals surface area contributed by atoms with Crippen molar-refractivity contribution in [3.63, 3.8) is 0 Å². The fourth-order valence-electron chi connectivity index (χ4n) is 1.17. The molecule has 4 nitrogen and oxygen atoms in total. The fraction of sp³-hybridized carbons (Fsp3) is 0.700. The van der Waals surface area contributed by atoms with Gasteiger partial charge in [0.1, 0.15) is 6.29 Å². The van der Waals surface area contributed by atoms with Crippen LogP contribution in [0.5, 0.6) is 0 Å². The molecule has 0 amide bonds. The molecule has 0 aromatic carbocycles. The molecule has 0 aliphatic heterocycles. The molecular weight excluding hydrogens is 182 g/mol. The zero-order chi connectivity index (χ0) is 10.8. The normalized spacial score (nSPS) is 15.6. The van der Waals surface area contributed by atoms with E-state index in [1.807, 2.05) is 13.1 Å². The number of methoxy groups -OCH3 is 2. The van der Waals surface area contributed by atoms with E-state index in [0.717, 1.165) is 6.29 Å². The van der Waals surface area contributed by atoms with E-state index < -0.39 is 0 Å². The number of allylic oxidation sites excluding steroid dienone is 1. The number of nitrogens with one attached hydrogen (secondary N) is 1. The largest absolute Gasteiger partial charge is 0.383 e. The van der Waals surface area contributed by atoms with E-state index in [0.29, 0.717) is 13.0 Å². The lowest BCUT2D eigenvalue weighted by molar-refractivity contribution is -0.107. The summed E-state index contributed by atoms with van der Waals surface area (Å²) in [5.41, 5.74) is 0. The second-order valence-corrected chi connectivity index (χ2v) is 2.88. The molecule has 0 aromatic heterocycles. The standard InChI is InChI=1S/C10H19NO3/c1-11-9(8-13-2)10(14-3)6-4-5-7-12/h4,6-7,9-11H,5,8H2,1-3H3/b6-4+/t9?,10-/m1/s1. The lowest BCUT2D eigenvalue weighted by Gasteiger charge is -2.22. The van der Waals surface area contributed by atoms with E-state index in [9.17, 15) is 4.79 Å². The van der Waals surface area contributed by atoms with E-state index in [2.05, 4.69) is 5.32 Å². The third-order valence-corrected chi connectivity index (χ3v) is 1.94. The summed E-state index contributed by atoms with van der Waals surface area (Å²) in [4.78, 5) is 10.1. The van der Waals surface area contributed by atoms with E-state index in [4.69, 9.17) is 9.47 Å². The van der Waals surface area contributed by atoms with E-state index in [-0.39, 0.29) is 12.1 Å². The van der Waals surface area contributed by atoms with Gasteiger partial charge in [-0.25, -0.2) is 0 Å². The molecule has 1 unspecified atom stereocenters. The van der Waals surface area contributed by atoms with Gasteiger partial charge in [0.05, 0.1) is 18.8 Å². The summed E-state index contributed by atoms with van der Waals surface area (Å²) >= 11 is 0. The van der Waals surface area contributed by atoms with Gasteiger partial charge in [0, 0.05) is 20.6 Å². The predicted molar refractivity (Wildman–Crippen MR) is 55.3 cm³/mol. The lowest BCUT2D eigenvalue weighted by Crippen LogP contribution is -2.41. The highest BCUT2D eigenvalue weighted by atomic mass is 16.5. The first-order valence-corrected chi connectivity index (χ1v) is 4.59. The number of ether oxygens (including phenoxy) is 2. The zero-order valence-electron chi connectivity index (χ0n) is 9.03. The summed E-state index contributed by atoms with van der Waals surface area (Å²) in [6, 6.07) is 0.105. The van der Waals surface area contributed by atoms with Crippen LogP contribution >= 0.6 is 0 Å². The van der Waals surface area contributed by atoms with Crippen molar-refractivity contribution in [1.29, 1.82) is 0 Å².